The Morgan fingerprint density at radius 1 is 1.16 bits per heavy atom. The number of rotatable bonds is 6. The summed E-state index contributed by atoms with van der Waals surface area (Å²) < 4.78 is 0. The number of nitrogens with one attached hydrogen (secondary N) is 2. The number of anilines is 2. The lowest BCUT2D eigenvalue weighted by Crippen LogP contribution is -2.42. The molecule has 2 N–H and O–H groups in total. The van der Waals surface area contributed by atoms with E-state index in [2.05, 4.69) is 48.3 Å². The summed E-state index contributed by atoms with van der Waals surface area (Å²) in [6.45, 7) is 9.60. The topological polar surface area (TPSA) is 49.8 Å². The highest BCUT2D eigenvalue weighted by atomic mass is 15.1. The number of nitrogens with zero attached hydrogens (tertiary/aromatic N) is 2. The first-order chi connectivity index (χ1) is 9.08. The molecule has 0 amide bonds. The zero-order chi connectivity index (χ0) is 13.9. The van der Waals surface area contributed by atoms with Crippen LogP contribution in [0.25, 0.3) is 0 Å². The van der Waals surface area contributed by atoms with Crippen molar-refractivity contribution < 1.29 is 0 Å². The summed E-state index contributed by atoms with van der Waals surface area (Å²) in [6.07, 6.45) is 5.75. The molecule has 0 aromatic carbocycles. The van der Waals surface area contributed by atoms with Crippen LogP contribution in [0.4, 0.5) is 11.6 Å². The van der Waals surface area contributed by atoms with E-state index in [1.54, 1.807) is 0 Å². The quantitative estimate of drug-likeness (QED) is 0.823. The molecule has 2 rings (SSSR count). The number of aryl methyl sites for hydroxylation is 1. The van der Waals surface area contributed by atoms with Gasteiger partial charge in [-0.1, -0.05) is 13.8 Å². The molecule has 1 aromatic heterocycles. The fraction of sp³-hybridized carbons (Fsp3) is 0.733. The number of hydrogen-bond acceptors (Lipinski definition) is 4. The highest BCUT2D eigenvalue weighted by Gasteiger charge is 2.32. The lowest BCUT2D eigenvalue weighted by Gasteiger charge is -2.40. The molecule has 0 aliphatic heterocycles. The fourth-order valence-corrected chi connectivity index (χ4v) is 2.38. The van der Waals surface area contributed by atoms with Crippen LogP contribution in [0.5, 0.6) is 0 Å². The first-order valence-corrected chi connectivity index (χ1v) is 7.47. The van der Waals surface area contributed by atoms with Crippen molar-refractivity contribution in [3.8, 4) is 0 Å². The Hall–Kier alpha value is -1.32. The zero-order valence-corrected chi connectivity index (χ0v) is 12.6. The molecule has 106 valence electrons. The predicted octanol–water partition coefficient (Wildman–Crippen LogP) is 3.52. The second-order valence-electron chi connectivity index (χ2n) is 5.78. The van der Waals surface area contributed by atoms with Gasteiger partial charge in [-0.25, -0.2) is 9.97 Å². The molecular weight excluding hydrogens is 236 g/mol. The Labute approximate surface area is 116 Å². The molecular formula is C15H26N4. The van der Waals surface area contributed by atoms with E-state index < -0.39 is 0 Å². The van der Waals surface area contributed by atoms with E-state index in [1.165, 1.54) is 19.3 Å². The van der Waals surface area contributed by atoms with Gasteiger partial charge in [0.1, 0.15) is 17.5 Å². The van der Waals surface area contributed by atoms with E-state index in [0.717, 1.165) is 42.4 Å². The van der Waals surface area contributed by atoms with Crippen LogP contribution in [-0.4, -0.2) is 22.1 Å². The molecule has 0 bridgehead atoms. The molecule has 0 radical (unpaired) electrons. The molecule has 1 saturated carbocycles. The summed E-state index contributed by atoms with van der Waals surface area (Å²) in [7, 11) is 0. The molecule has 4 heteroatoms. The van der Waals surface area contributed by atoms with Crippen LogP contribution >= 0.6 is 0 Å². The Morgan fingerprint density at radius 2 is 1.84 bits per heavy atom. The van der Waals surface area contributed by atoms with Crippen LogP contribution in [0.3, 0.4) is 0 Å². The van der Waals surface area contributed by atoms with Crippen molar-refractivity contribution in [2.45, 2.75) is 65.3 Å². The lowest BCUT2D eigenvalue weighted by atomic mass is 9.78. The molecule has 1 aromatic rings. The summed E-state index contributed by atoms with van der Waals surface area (Å²) in [4.78, 5) is 9.26. The first-order valence-electron chi connectivity index (χ1n) is 7.47. The van der Waals surface area contributed by atoms with E-state index in [-0.39, 0.29) is 5.54 Å². The highest BCUT2D eigenvalue weighted by Crippen LogP contribution is 2.35. The van der Waals surface area contributed by atoms with Crippen LogP contribution in [0.2, 0.25) is 0 Å². The van der Waals surface area contributed by atoms with Crippen LogP contribution in [0, 0.1) is 6.92 Å². The monoisotopic (exact) mass is 262 g/mol. The van der Waals surface area contributed by atoms with E-state index in [1.807, 2.05) is 0 Å². The molecule has 1 aliphatic rings. The van der Waals surface area contributed by atoms with E-state index in [9.17, 15) is 0 Å². The van der Waals surface area contributed by atoms with E-state index in [4.69, 9.17) is 0 Å². The third-order valence-corrected chi connectivity index (χ3v) is 3.93. The van der Waals surface area contributed by atoms with Crippen LogP contribution in [-0.2, 0) is 6.42 Å². The van der Waals surface area contributed by atoms with Crippen LogP contribution in [0.1, 0.15) is 57.8 Å². The van der Waals surface area contributed by atoms with E-state index >= 15 is 0 Å². The number of aromatic nitrogens is 2. The SMILES string of the molecule is CCCNc1nc(CC)nc(NC2(C)CCC2)c1C. The van der Waals surface area contributed by atoms with Crippen molar-refractivity contribution in [3.05, 3.63) is 11.4 Å². The Morgan fingerprint density at radius 3 is 2.37 bits per heavy atom. The summed E-state index contributed by atoms with van der Waals surface area (Å²) in [5, 5.41) is 7.03. The summed E-state index contributed by atoms with van der Waals surface area (Å²) >= 11 is 0. The van der Waals surface area contributed by atoms with Gasteiger partial charge in [0.2, 0.25) is 0 Å². The molecule has 0 unspecified atom stereocenters. The van der Waals surface area contributed by atoms with Crippen molar-refractivity contribution in [1.82, 2.24) is 9.97 Å². The van der Waals surface area contributed by atoms with Gasteiger partial charge >= 0.3 is 0 Å². The third kappa shape index (κ3) is 3.17. The van der Waals surface area contributed by atoms with Gasteiger partial charge in [0.15, 0.2) is 0 Å². The van der Waals surface area contributed by atoms with Gasteiger partial charge in [-0.3, -0.25) is 0 Å². The highest BCUT2D eigenvalue weighted by molar-refractivity contribution is 5.58. The van der Waals surface area contributed by atoms with Gasteiger partial charge < -0.3 is 10.6 Å². The second-order valence-corrected chi connectivity index (χ2v) is 5.78. The van der Waals surface area contributed by atoms with Gasteiger partial charge in [0.25, 0.3) is 0 Å². The average Bonchev–Trinajstić information content (AvgIpc) is 2.37. The van der Waals surface area contributed by atoms with Gasteiger partial charge in [0, 0.05) is 24.1 Å². The first kappa shape index (κ1) is 14.1. The fourth-order valence-electron chi connectivity index (χ4n) is 2.38. The van der Waals surface area contributed by atoms with Gasteiger partial charge in [-0.2, -0.15) is 0 Å². The molecule has 0 atom stereocenters. The van der Waals surface area contributed by atoms with Crippen LogP contribution < -0.4 is 10.6 Å². The molecule has 4 nitrogen and oxygen atoms in total. The maximum absolute atomic E-state index is 4.66. The molecule has 19 heavy (non-hydrogen) atoms. The predicted molar refractivity (Wildman–Crippen MR) is 80.8 cm³/mol. The summed E-state index contributed by atoms with van der Waals surface area (Å²) in [5.74, 6) is 2.90. The molecule has 0 saturated heterocycles. The standard InChI is InChI=1S/C15H26N4/c1-5-10-16-13-11(3)14(18-12(6-2)17-13)19-15(4)8-7-9-15/h5-10H2,1-4H3,(H2,16,17,18,19). The van der Waals surface area contributed by atoms with Crippen molar-refractivity contribution in [2.75, 3.05) is 17.2 Å². The summed E-state index contributed by atoms with van der Waals surface area (Å²) in [5.41, 5.74) is 1.37. The van der Waals surface area contributed by atoms with Crippen molar-refractivity contribution in [3.63, 3.8) is 0 Å². The Balaban J connectivity index is 2.24. The van der Waals surface area contributed by atoms with Crippen molar-refractivity contribution in [1.29, 1.82) is 0 Å². The van der Waals surface area contributed by atoms with Gasteiger partial charge in [-0.05, 0) is 39.5 Å². The van der Waals surface area contributed by atoms with E-state index in [0.29, 0.717) is 0 Å². The average molecular weight is 262 g/mol. The Bertz CT molecular complexity index is 438. The van der Waals surface area contributed by atoms with Crippen LogP contribution in [0.15, 0.2) is 0 Å². The Kier molecular flexibility index (Phi) is 4.27. The van der Waals surface area contributed by atoms with Crippen molar-refractivity contribution in [2.24, 2.45) is 0 Å². The minimum atomic E-state index is 0.228. The summed E-state index contributed by atoms with van der Waals surface area (Å²) in [6, 6.07) is 0. The van der Waals surface area contributed by atoms with Gasteiger partial charge in [0.05, 0.1) is 0 Å². The molecule has 0 spiro atoms. The molecule has 1 heterocycles. The smallest absolute Gasteiger partial charge is 0.135 e. The third-order valence-electron chi connectivity index (χ3n) is 3.93. The maximum Gasteiger partial charge on any atom is 0.135 e. The zero-order valence-electron chi connectivity index (χ0n) is 12.6. The lowest BCUT2D eigenvalue weighted by molar-refractivity contribution is 0.305. The van der Waals surface area contributed by atoms with Gasteiger partial charge in [-0.15, -0.1) is 0 Å². The van der Waals surface area contributed by atoms with Crippen molar-refractivity contribution >= 4 is 11.6 Å². The molecule has 1 aliphatic carbocycles. The maximum atomic E-state index is 4.66. The number of hydrogen-bond donors (Lipinski definition) is 2. The normalized spacial score (nSPS) is 16.8. The minimum absolute atomic E-state index is 0.228. The second kappa shape index (κ2) is 5.76. The molecule has 1 fully saturated rings. The minimum Gasteiger partial charge on any atom is -0.370 e. The largest absolute Gasteiger partial charge is 0.370 e.